The molecule has 0 aromatic heterocycles. The van der Waals surface area contributed by atoms with Gasteiger partial charge >= 0.3 is 0 Å². The van der Waals surface area contributed by atoms with E-state index in [1.54, 1.807) is 0 Å². The second-order valence-corrected chi connectivity index (χ2v) is 6.32. The number of hydrogen-bond donors (Lipinski definition) is 1. The molecule has 2 nitrogen and oxygen atoms in total. The van der Waals surface area contributed by atoms with E-state index in [2.05, 4.69) is 49.2 Å². The van der Waals surface area contributed by atoms with Crippen LogP contribution in [0, 0.1) is 0 Å². The van der Waals surface area contributed by atoms with Crippen LogP contribution >= 0.6 is 11.6 Å². The lowest BCUT2D eigenvalue weighted by Crippen LogP contribution is -2.56. The van der Waals surface area contributed by atoms with Crippen LogP contribution in [-0.2, 0) is 0 Å². The molecule has 1 saturated heterocycles. The van der Waals surface area contributed by atoms with E-state index < -0.39 is 0 Å². The van der Waals surface area contributed by atoms with Gasteiger partial charge in [0.25, 0.3) is 0 Å². The molecule has 1 heterocycles. The molecule has 1 N–H and O–H groups in total. The first-order chi connectivity index (χ1) is 9.65. The minimum Gasteiger partial charge on any atom is -0.311 e. The molecule has 3 unspecified atom stereocenters. The minimum absolute atomic E-state index is 0.431. The molecule has 1 aromatic carbocycles. The molecule has 0 amide bonds. The molecular formula is C17H27ClN2. The van der Waals surface area contributed by atoms with Crippen LogP contribution in [-0.4, -0.2) is 30.1 Å². The molecule has 3 heteroatoms. The Morgan fingerprint density at radius 3 is 2.85 bits per heavy atom. The average Bonchev–Trinajstić information content (AvgIpc) is 2.47. The number of piperazine rings is 1. The van der Waals surface area contributed by atoms with Gasteiger partial charge in [0, 0.05) is 36.2 Å². The van der Waals surface area contributed by atoms with Gasteiger partial charge in [0.1, 0.15) is 0 Å². The van der Waals surface area contributed by atoms with Gasteiger partial charge in [-0.2, -0.15) is 0 Å². The summed E-state index contributed by atoms with van der Waals surface area (Å²) in [6.07, 6.45) is 3.69. The van der Waals surface area contributed by atoms with E-state index in [-0.39, 0.29) is 0 Å². The Balaban J connectivity index is 2.13. The summed E-state index contributed by atoms with van der Waals surface area (Å²) in [6.45, 7) is 9.09. The van der Waals surface area contributed by atoms with Crippen molar-refractivity contribution in [2.24, 2.45) is 0 Å². The van der Waals surface area contributed by atoms with Gasteiger partial charge in [-0.15, -0.1) is 0 Å². The number of rotatable bonds is 5. The number of nitrogens with zero attached hydrogens (tertiary/aromatic N) is 1. The smallest absolute Gasteiger partial charge is 0.0409 e. The van der Waals surface area contributed by atoms with Crippen molar-refractivity contribution in [1.82, 2.24) is 10.2 Å². The van der Waals surface area contributed by atoms with Crippen molar-refractivity contribution in [2.45, 2.75) is 58.2 Å². The van der Waals surface area contributed by atoms with Crippen LogP contribution < -0.4 is 5.32 Å². The van der Waals surface area contributed by atoms with Crippen LogP contribution in [0.3, 0.4) is 0 Å². The third-order valence-corrected chi connectivity index (χ3v) is 4.71. The molecule has 2 rings (SSSR count). The molecule has 20 heavy (non-hydrogen) atoms. The van der Waals surface area contributed by atoms with Crippen molar-refractivity contribution in [1.29, 1.82) is 0 Å². The normalized spacial score (nSPS) is 25.6. The van der Waals surface area contributed by atoms with Crippen molar-refractivity contribution in [2.75, 3.05) is 13.1 Å². The van der Waals surface area contributed by atoms with E-state index in [0.29, 0.717) is 18.1 Å². The summed E-state index contributed by atoms with van der Waals surface area (Å²) in [6, 6.07) is 9.99. The van der Waals surface area contributed by atoms with Gasteiger partial charge in [-0.25, -0.2) is 0 Å². The van der Waals surface area contributed by atoms with Crippen LogP contribution in [0.1, 0.15) is 51.6 Å². The molecule has 1 fully saturated rings. The highest BCUT2D eigenvalue weighted by Gasteiger charge is 2.30. The molecule has 112 valence electrons. The van der Waals surface area contributed by atoms with Gasteiger partial charge in [-0.3, -0.25) is 4.90 Å². The molecule has 1 aromatic rings. The summed E-state index contributed by atoms with van der Waals surface area (Å²) in [5.74, 6) is 0. The van der Waals surface area contributed by atoms with Crippen molar-refractivity contribution in [3.05, 3.63) is 34.9 Å². The first kappa shape index (κ1) is 15.8. The molecule has 0 spiro atoms. The number of halogens is 1. The predicted molar refractivity (Wildman–Crippen MR) is 87.4 cm³/mol. The van der Waals surface area contributed by atoms with E-state index >= 15 is 0 Å². The lowest BCUT2D eigenvalue weighted by Gasteiger charge is -2.43. The highest BCUT2D eigenvalue weighted by atomic mass is 35.5. The van der Waals surface area contributed by atoms with E-state index in [1.165, 1.54) is 24.8 Å². The average molecular weight is 295 g/mol. The zero-order valence-corrected chi connectivity index (χ0v) is 13.7. The Kier molecular flexibility index (Phi) is 5.88. The van der Waals surface area contributed by atoms with E-state index in [1.807, 2.05) is 6.07 Å². The summed E-state index contributed by atoms with van der Waals surface area (Å²) in [4.78, 5) is 2.66. The molecule has 0 saturated carbocycles. The van der Waals surface area contributed by atoms with E-state index in [4.69, 9.17) is 11.6 Å². The van der Waals surface area contributed by atoms with Gasteiger partial charge in [-0.05, 0) is 37.5 Å². The Morgan fingerprint density at radius 1 is 1.40 bits per heavy atom. The summed E-state index contributed by atoms with van der Waals surface area (Å²) < 4.78 is 0. The van der Waals surface area contributed by atoms with Gasteiger partial charge in [0.05, 0.1) is 0 Å². The largest absolute Gasteiger partial charge is 0.311 e. The standard InChI is InChI=1S/C17H27ClN2/c1-4-7-16-12-20(17(5-2)11-19-16)13(3)14-8-6-9-15(18)10-14/h6,8-10,13,16-17,19H,4-5,7,11-12H2,1-3H3. The van der Waals surface area contributed by atoms with Gasteiger partial charge in [-0.1, -0.05) is 44.0 Å². The Hall–Kier alpha value is -0.570. The fourth-order valence-electron chi connectivity index (χ4n) is 3.24. The highest BCUT2D eigenvalue weighted by molar-refractivity contribution is 6.30. The fourth-order valence-corrected chi connectivity index (χ4v) is 3.44. The second kappa shape index (κ2) is 7.44. The number of benzene rings is 1. The Morgan fingerprint density at radius 2 is 2.20 bits per heavy atom. The highest BCUT2D eigenvalue weighted by Crippen LogP contribution is 2.28. The number of hydrogen-bond acceptors (Lipinski definition) is 2. The van der Waals surface area contributed by atoms with Gasteiger partial charge in [0.15, 0.2) is 0 Å². The molecule has 0 aliphatic carbocycles. The predicted octanol–water partition coefficient (Wildman–Crippen LogP) is 4.25. The molecular weight excluding hydrogens is 268 g/mol. The lowest BCUT2D eigenvalue weighted by atomic mass is 9.98. The quantitative estimate of drug-likeness (QED) is 0.873. The summed E-state index contributed by atoms with van der Waals surface area (Å²) in [5.41, 5.74) is 1.33. The zero-order chi connectivity index (χ0) is 14.5. The van der Waals surface area contributed by atoms with Crippen molar-refractivity contribution < 1.29 is 0 Å². The van der Waals surface area contributed by atoms with Crippen LogP contribution in [0.25, 0.3) is 0 Å². The number of nitrogens with one attached hydrogen (secondary N) is 1. The first-order valence-electron chi connectivity index (χ1n) is 7.90. The van der Waals surface area contributed by atoms with Crippen LogP contribution in [0.5, 0.6) is 0 Å². The maximum atomic E-state index is 6.15. The van der Waals surface area contributed by atoms with Crippen LogP contribution in [0.4, 0.5) is 0 Å². The minimum atomic E-state index is 0.431. The summed E-state index contributed by atoms with van der Waals surface area (Å²) in [7, 11) is 0. The van der Waals surface area contributed by atoms with Crippen molar-refractivity contribution in [3.8, 4) is 0 Å². The molecule has 3 atom stereocenters. The first-order valence-corrected chi connectivity index (χ1v) is 8.28. The fraction of sp³-hybridized carbons (Fsp3) is 0.647. The summed E-state index contributed by atoms with van der Waals surface area (Å²) in [5, 5.41) is 4.54. The van der Waals surface area contributed by atoms with E-state index in [0.717, 1.165) is 18.1 Å². The van der Waals surface area contributed by atoms with E-state index in [9.17, 15) is 0 Å². The van der Waals surface area contributed by atoms with Gasteiger partial charge in [0.2, 0.25) is 0 Å². The molecule has 0 radical (unpaired) electrons. The monoisotopic (exact) mass is 294 g/mol. The topological polar surface area (TPSA) is 15.3 Å². The van der Waals surface area contributed by atoms with Crippen LogP contribution in [0.15, 0.2) is 24.3 Å². The second-order valence-electron chi connectivity index (χ2n) is 5.88. The maximum absolute atomic E-state index is 6.15. The molecule has 1 aliphatic rings. The van der Waals surface area contributed by atoms with Crippen molar-refractivity contribution in [3.63, 3.8) is 0 Å². The lowest BCUT2D eigenvalue weighted by molar-refractivity contribution is 0.0835. The summed E-state index contributed by atoms with van der Waals surface area (Å²) >= 11 is 6.15. The van der Waals surface area contributed by atoms with Crippen LogP contribution in [0.2, 0.25) is 5.02 Å². The van der Waals surface area contributed by atoms with Crippen molar-refractivity contribution >= 4 is 11.6 Å². The van der Waals surface area contributed by atoms with Gasteiger partial charge < -0.3 is 5.32 Å². The third kappa shape index (κ3) is 3.75. The third-order valence-electron chi connectivity index (χ3n) is 4.48. The zero-order valence-electron chi connectivity index (χ0n) is 12.9. The molecule has 1 aliphatic heterocycles. The SMILES string of the molecule is CCCC1CN(C(C)c2cccc(Cl)c2)C(CC)CN1. The Bertz CT molecular complexity index is 421. The Labute approximate surface area is 128 Å². The molecule has 0 bridgehead atoms. The maximum Gasteiger partial charge on any atom is 0.0409 e.